The van der Waals surface area contributed by atoms with Gasteiger partial charge in [0, 0.05) is 29.9 Å². The number of anilines is 1. The molecule has 0 radical (unpaired) electrons. The van der Waals surface area contributed by atoms with Gasteiger partial charge in [-0.1, -0.05) is 19.1 Å². The van der Waals surface area contributed by atoms with Crippen LogP contribution in [0.15, 0.2) is 48.7 Å². The zero-order valence-corrected chi connectivity index (χ0v) is 13.9. The predicted octanol–water partition coefficient (Wildman–Crippen LogP) is 1.81. The Balaban J connectivity index is 1.96. The van der Waals surface area contributed by atoms with Crippen molar-refractivity contribution in [2.24, 2.45) is 5.92 Å². The monoisotopic (exact) mass is 326 g/mol. The van der Waals surface area contributed by atoms with Crippen molar-refractivity contribution in [3.05, 3.63) is 59.9 Å². The van der Waals surface area contributed by atoms with Crippen LogP contribution in [0.2, 0.25) is 0 Å². The second-order valence-corrected chi connectivity index (χ2v) is 5.53. The number of carbonyl (C=O) groups is 2. The molecule has 1 aromatic carbocycles. The highest BCUT2D eigenvalue weighted by Gasteiger charge is 2.13. The van der Waals surface area contributed by atoms with E-state index in [9.17, 15) is 9.59 Å². The van der Waals surface area contributed by atoms with Crippen LogP contribution in [0.1, 0.15) is 23.0 Å². The third-order valence-corrected chi connectivity index (χ3v) is 3.51. The topological polar surface area (TPSA) is 83.1 Å². The zero-order chi connectivity index (χ0) is 17.4. The molecule has 0 saturated carbocycles. The molecule has 1 unspecified atom stereocenters. The van der Waals surface area contributed by atoms with Crippen molar-refractivity contribution < 1.29 is 9.59 Å². The molecule has 2 rings (SSSR count). The van der Waals surface area contributed by atoms with Gasteiger partial charge in [0.25, 0.3) is 5.91 Å². The SMILES string of the molecule is CNCC(C)C(=O)Nc1cccc(C(=O)NCc2ccccn2)c1. The minimum absolute atomic E-state index is 0.0876. The molecule has 0 saturated heterocycles. The van der Waals surface area contributed by atoms with Crippen LogP contribution < -0.4 is 16.0 Å². The minimum Gasteiger partial charge on any atom is -0.346 e. The summed E-state index contributed by atoms with van der Waals surface area (Å²) in [5.41, 5.74) is 1.88. The maximum atomic E-state index is 12.2. The average molecular weight is 326 g/mol. The quantitative estimate of drug-likeness (QED) is 0.724. The first-order valence-corrected chi connectivity index (χ1v) is 7.84. The average Bonchev–Trinajstić information content (AvgIpc) is 2.61. The molecule has 2 aromatic rings. The Morgan fingerprint density at radius 1 is 1.17 bits per heavy atom. The largest absolute Gasteiger partial charge is 0.346 e. The molecule has 126 valence electrons. The number of aromatic nitrogens is 1. The van der Waals surface area contributed by atoms with Gasteiger partial charge in [0.15, 0.2) is 0 Å². The smallest absolute Gasteiger partial charge is 0.251 e. The molecule has 6 heteroatoms. The summed E-state index contributed by atoms with van der Waals surface area (Å²) < 4.78 is 0. The summed E-state index contributed by atoms with van der Waals surface area (Å²) in [4.78, 5) is 28.4. The number of pyridine rings is 1. The van der Waals surface area contributed by atoms with Gasteiger partial charge >= 0.3 is 0 Å². The van der Waals surface area contributed by atoms with Gasteiger partial charge in [0.2, 0.25) is 5.91 Å². The number of nitrogens with zero attached hydrogens (tertiary/aromatic N) is 1. The van der Waals surface area contributed by atoms with Crippen LogP contribution in [0.5, 0.6) is 0 Å². The third-order valence-electron chi connectivity index (χ3n) is 3.51. The molecule has 6 nitrogen and oxygen atoms in total. The number of nitrogens with one attached hydrogen (secondary N) is 3. The normalized spacial score (nSPS) is 11.6. The van der Waals surface area contributed by atoms with E-state index in [1.54, 1.807) is 37.5 Å². The molecule has 24 heavy (non-hydrogen) atoms. The maximum Gasteiger partial charge on any atom is 0.251 e. The van der Waals surface area contributed by atoms with E-state index in [1.807, 2.05) is 25.1 Å². The highest BCUT2D eigenvalue weighted by atomic mass is 16.2. The molecule has 1 heterocycles. The third kappa shape index (κ3) is 5.17. The van der Waals surface area contributed by atoms with E-state index >= 15 is 0 Å². The Bertz CT molecular complexity index is 688. The molecule has 0 aliphatic rings. The van der Waals surface area contributed by atoms with Crippen molar-refractivity contribution in [2.75, 3.05) is 18.9 Å². The molecule has 0 bridgehead atoms. The lowest BCUT2D eigenvalue weighted by Gasteiger charge is -2.12. The van der Waals surface area contributed by atoms with Gasteiger partial charge in [0.1, 0.15) is 0 Å². The highest BCUT2D eigenvalue weighted by Crippen LogP contribution is 2.12. The van der Waals surface area contributed by atoms with Gasteiger partial charge in [-0.25, -0.2) is 0 Å². The minimum atomic E-state index is -0.208. The Labute approximate surface area is 141 Å². The molecule has 1 aromatic heterocycles. The van der Waals surface area contributed by atoms with E-state index in [2.05, 4.69) is 20.9 Å². The van der Waals surface area contributed by atoms with E-state index in [-0.39, 0.29) is 17.7 Å². The summed E-state index contributed by atoms with van der Waals surface area (Å²) in [7, 11) is 1.80. The molecule has 0 fully saturated rings. The fourth-order valence-electron chi connectivity index (χ4n) is 2.18. The van der Waals surface area contributed by atoms with Crippen LogP contribution in [0, 0.1) is 5.92 Å². The number of carbonyl (C=O) groups excluding carboxylic acids is 2. The van der Waals surface area contributed by atoms with Crippen LogP contribution in [0.3, 0.4) is 0 Å². The Hall–Kier alpha value is -2.73. The molecule has 2 amide bonds. The summed E-state index contributed by atoms with van der Waals surface area (Å²) in [6.07, 6.45) is 1.68. The number of amides is 2. The van der Waals surface area contributed by atoms with Crippen LogP contribution in [-0.4, -0.2) is 30.4 Å². The fraction of sp³-hybridized carbons (Fsp3) is 0.278. The van der Waals surface area contributed by atoms with Crippen LogP contribution in [0.4, 0.5) is 5.69 Å². The molecule has 3 N–H and O–H groups in total. The molecule has 1 atom stereocenters. The van der Waals surface area contributed by atoms with E-state index < -0.39 is 0 Å². The van der Waals surface area contributed by atoms with Crippen LogP contribution in [-0.2, 0) is 11.3 Å². The maximum absolute atomic E-state index is 12.2. The highest BCUT2D eigenvalue weighted by molar-refractivity contribution is 5.97. The van der Waals surface area contributed by atoms with E-state index in [0.717, 1.165) is 5.69 Å². The molecular weight excluding hydrogens is 304 g/mol. The second-order valence-electron chi connectivity index (χ2n) is 5.53. The van der Waals surface area contributed by atoms with Crippen molar-refractivity contribution in [1.82, 2.24) is 15.6 Å². The van der Waals surface area contributed by atoms with Gasteiger partial charge in [0.05, 0.1) is 12.2 Å². The first-order valence-electron chi connectivity index (χ1n) is 7.84. The Kier molecular flexibility index (Phi) is 6.45. The van der Waals surface area contributed by atoms with Crippen molar-refractivity contribution >= 4 is 17.5 Å². The van der Waals surface area contributed by atoms with Crippen molar-refractivity contribution in [1.29, 1.82) is 0 Å². The van der Waals surface area contributed by atoms with Gasteiger partial charge in [-0.2, -0.15) is 0 Å². The van der Waals surface area contributed by atoms with Gasteiger partial charge < -0.3 is 16.0 Å². The zero-order valence-electron chi connectivity index (χ0n) is 13.9. The van der Waals surface area contributed by atoms with Gasteiger partial charge in [-0.15, -0.1) is 0 Å². The summed E-state index contributed by atoms with van der Waals surface area (Å²) in [6, 6.07) is 12.4. The van der Waals surface area contributed by atoms with Crippen LogP contribution in [0.25, 0.3) is 0 Å². The number of hydrogen-bond acceptors (Lipinski definition) is 4. The van der Waals surface area contributed by atoms with E-state index in [0.29, 0.717) is 24.3 Å². The van der Waals surface area contributed by atoms with Crippen LogP contribution >= 0.6 is 0 Å². The number of rotatable bonds is 7. The molecule has 0 aliphatic heterocycles. The standard InChI is InChI=1S/C18H22N4O2/c1-13(11-19-2)17(23)22-15-8-5-6-14(10-15)18(24)21-12-16-7-3-4-9-20-16/h3-10,13,19H,11-12H2,1-2H3,(H,21,24)(H,22,23). The van der Waals surface area contributed by atoms with Gasteiger partial charge in [-0.05, 0) is 37.4 Å². The van der Waals surface area contributed by atoms with E-state index in [1.165, 1.54) is 0 Å². The summed E-state index contributed by atoms with van der Waals surface area (Å²) in [5.74, 6) is -0.452. The second kappa shape index (κ2) is 8.79. The lowest BCUT2D eigenvalue weighted by atomic mass is 10.1. The summed E-state index contributed by atoms with van der Waals surface area (Å²) in [6.45, 7) is 2.79. The first kappa shape index (κ1) is 17.6. The summed E-state index contributed by atoms with van der Waals surface area (Å²) in [5, 5.41) is 8.60. The predicted molar refractivity (Wildman–Crippen MR) is 93.6 cm³/mol. The molecule has 0 aliphatic carbocycles. The first-order chi connectivity index (χ1) is 11.6. The number of benzene rings is 1. The molecule has 0 spiro atoms. The molecular formula is C18H22N4O2. The summed E-state index contributed by atoms with van der Waals surface area (Å²) >= 11 is 0. The van der Waals surface area contributed by atoms with Crippen molar-refractivity contribution in [3.63, 3.8) is 0 Å². The lowest BCUT2D eigenvalue weighted by Crippen LogP contribution is -2.28. The van der Waals surface area contributed by atoms with Crippen molar-refractivity contribution in [3.8, 4) is 0 Å². The Morgan fingerprint density at radius 2 is 2.00 bits per heavy atom. The van der Waals surface area contributed by atoms with Gasteiger partial charge in [-0.3, -0.25) is 14.6 Å². The fourth-order valence-corrected chi connectivity index (χ4v) is 2.18. The number of hydrogen-bond donors (Lipinski definition) is 3. The Morgan fingerprint density at radius 3 is 2.71 bits per heavy atom. The van der Waals surface area contributed by atoms with Crippen molar-refractivity contribution in [2.45, 2.75) is 13.5 Å². The van der Waals surface area contributed by atoms with E-state index in [4.69, 9.17) is 0 Å². The lowest BCUT2D eigenvalue weighted by molar-refractivity contribution is -0.119.